The Bertz CT molecular complexity index is 270. The maximum absolute atomic E-state index is 12.1. The van der Waals surface area contributed by atoms with E-state index in [0.717, 1.165) is 11.5 Å². The predicted octanol–water partition coefficient (Wildman–Crippen LogP) is 3.86. The standard InChI is InChI=1S/C13H17F/c14-10-9-11-5-7-13(8-6-11)12-3-1-2-4-12/h5-8,12H,1-4,9-10H2. The molecule has 0 spiro atoms. The maximum Gasteiger partial charge on any atom is 0.0934 e. The Labute approximate surface area is 85.1 Å². The summed E-state index contributed by atoms with van der Waals surface area (Å²) in [6.45, 7) is -0.247. The van der Waals surface area contributed by atoms with Crippen molar-refractivity contribution in [3.8, 4) is 0 Å². The molecule has 0 atom stereocenters. The Morgan fingerprint density at radius 1 is 1.07 bits per heavy atom. The van der Waals surface area contributed by atoms with Crippen LogP contribution in [-0.4, -0.2) is 6.67 Å². The van der Waals surface area contributed by atoms with Crippen LogP contribution >= 0.6 is 0 Å². The molecule has 1 fully saturated rings. The lowest BCUT2D eigenvalue weighted by molar-refractivity contribution is 0.495. The van der Waals surface area contributed by atoms with E-state index in [1.54, 1.807) is 0 Å². The first-order valence-electron chi connectivity index (χ1n) is 5.55. The van der Waals surface area contributed by atoms with E-state index in [1.165, 1.54) is 31.2 Å². The van der Waals surface area contributed by atoms with Gasteiger partial charge in [-0.05, 0) is 29.9 Å². The molecule has 0 bridgehead atoms. The van der Waals surface area contributed by atoms with Gasteiger partial charge in [-0.15, -0.1) is 0 Å². The van der Waals surface area contributed by atoms with Crippen LogP contribution in [0.3, 0.4) is 0 Å². The van der Waals surface area contributed by atoms with Crippen LogP contribution in [-0.2, 0) is 6.42 Å². The van der Waals surface area contributed by atoms with Gasteiger partial charge in [0.1, 0.15) is 0 Å². The van der Waals surface area contributed by atoms with E-state index >= 15 is 0 Å². The largest absolute Gasteiger partial charge is 0.251 e. The number of hydrogen-bond donors (Lipinski definition) is 0. The van der Waals surface area contributed by atoms with Gasteiger partial charge in [0.15, 0.2) is 0 Å². The number of rotatable bonds is 3. The summed E-state index contributed by atoms with van der Waals surface area (Å²) in [5, 5.41) is 0. The first-order valence-corrected chi connectivity index (χ1v) is 5.55. The van der Waals surface area contributed by atoms with Crippen molar-refractivity contribution in [1.82, 2.24) is 0 Å². The lowest BCUT2D eigenvalue weighted by atomic mass is 9.96. The SMILES string of the molecule is FCCc1ccc(C2CCCC2)cc1. The van der Waals surface area contributed by atoms with E-state index in [4.69, 9.17) is 0 Å². The molecule has 1 saturated carbocycles. The van der Waals surface area contributed by atoms with Crippen LogP contribution in [0.15, 0.2) is 24.3 Å². The van der Waals surface area contributed by atoms with Gasteiger partial charge in [0.25, 0.3) is 0 Å². The summed E-state index contributed by atoms with van der Waals surface area (Å²) in [5.41, 5.74) is 2.57. The fraction of sp³-hybridized carbons (Fsp3) is 0.538. The minimum absolute atomic E-state index is 0.247. The third-order valence-corrected chi connectivity index (χ3v) is 3.19. The van der Waals surface area contributed by atoms with Gasteiger partial charge >= 0.3 is 0 Å². The lowest BCUT2D eigenvalue weighted by Gasteiger charge is -2.09. The maximum atomic E-state index is 12.1. The van der Waals surface area contributed by atoms with Crippen molar-refractivity contribution >= 4 is 0 Å². The van der Waals surface area contributed by atoms with Gasteiger partial charge in [-0.1, -0.05) is 37.1 Å². The fourth-order valence-corrected chi connectivity index (χ4v) is 2.32. The van der Waals surface area contributed by atoms with E-state index in [1.807, 2.05) is 0 Å². The molecule has 0 unspecified atom stereocenters. The highest BCUT2D eigenvalue weighted by molar-refractivity contribution is 5.26. The quantitative estimate of drug-likeness (QED) is 0.682. The second kappa shape index (κ2) is 4.59. The van der Waals surface area contributed by atoms with Crippen LogP contribution in [0.4, 0.5) is 4.39 Å². The molecule has 14 heavy (non-hydrogen) atoms. The normalized spacial score (nSPS) is 17.5. The van der Waals surface area contributed by atoms with Crippen molar-refractivity contribution in [1.29, 1.82) is 0 Å². The Morgan fingerprint density at radius 3 is 2.29 bits per heavy atom. The highest BCUT2D eigenvalue weighted by atomic mass is 19.1. The smallest absolute Gasteiger partial charge is 0.0934 e. The van der Waals surface area contributed by atoms with Crippen molar-refractivity contribution in [2.45, 2.75) is 38.0 Å². The highest BCUT2D eigenvalue weighted by Gasteiger charge is 2.16. The average Bonchev–Trinajstić information content (AvgIpc) is 2.72. The van der Waals surface area contributed by atoms with Gasteiger partial charge in [0, 0.05) is 6.42 Å². The van der Waals surface area contributed by atoms with Crippen molar-refractivity contribution < 1.29 is 4.39 Å². The summed E-state index contributed by atoms with van der Waals surface area (Å²) in [5.74, 6) is 0.773. The van der Waals surface area contributed by atoms with Crippen LogP contribution in [0.5, 0.6) is 0 Å². The average molecular weight is 192 g/mol. The summed E-state index contributed by atoms with van der Waals surface area (Å²) in [6.07, 6.45) is 5.98. The topological polar surface area (TPSA) is 0 Å². The summed E-state index contributed by atoms with van der Waals surface area (Å²) >= 11 is 0. The van der Waals surface area contributed by atoms with E-state index in [2.05, 4.69) is 24.3 Å². The minimum Gasteiger partial charge on any atom is -0.251 e. The predicted molar refractivity (Wildman–Crippen MR) is 57.3 cm³/mol. The van der Waals surface area contributed by atoms with E-state index in [9.17, 15) is 4.39 Å². The Kier molecular flexibility index (Phi) is 3.18. The molecule has 0 aromatic heterocycles. The molecular formula is C13H17F. The van der Waals surface area contributed by atoms with Crippen molar-refractivity contribution in [2.75, 3.05) is 6.67 Å². The minimum atomic E-state index is -0.247. The van der Waals surface area contributed by atoms with E-state index in [0.29, 0.717) is 6.42 Å². The molecule has 0 nitrogen and oxygen atoms in total. The number of halogens is 1. The number of aryl methyl sites for hydroxylation is 1. The molecule has 1 heteroatoms. The Morgan fingerprint density at radius 2 is 1.71 bits per heavy atom. The third kappa shape index (κ3) is 2.14. The molecule has 76 valence electrons. The molecule has 1 aromatic rings. The van der Waals surface area contributed by atoms with Gasteiger partial charge in [0.05, 0.1) is 6.67 Å². The lowest BCUT2D eigenvalue weighted by Crippen LogP contribution is -1.93. The van der Waals surface area contributed by atoms with Crippen LogP contribution in [0.25, 0.3) is 0 Å². The second-order valence-corrected chi connectivity index (χ2v) is 4.16. The highest BCUT2D eigenvalue weighted by Crippen LogP contribution is 2.33. The molecule has 2 rings (SSSR count). The number of alkyl halides is 1. The molecule has 0 saturated heterocycles. The van der Waals surface area contributed by atoms with Gasteiger partial charge < -0.3 is 0 Å². The van der Waals surface area contributed by atoms with Crippen molar-refractivity contribution in [3.05, 3.63) is 35.4 Å². The molecule has 0 N–H and O–H groups in total. The van der Waals surface area contributed by atoms with E-state index in [-0.39, 0.29) is 6.67 Å². The zero-order chi connectivity index (χ0) is 9.80. The zero-order valence-electron chi connectivity index (χ0n) is 8.51. The zero-order valence-corrected chi connectivity index (χ0v) is 8.51. The molecule has 1 aliphatic rings. The summed E-state index contributed by atoms with van der Waals surface area (Å²) in [6, 6.07) is 8.52. The summed E-state index contributed by atoms with van der Waals surface area (Å²) < 4.78 is 12.1. The summed E-state index contributed by atoms with van der Waals surface area (Å²) in [7, 11) is 0. The molecule has 1 aromatic carbocycles. The molecule has 0 amide bonds. The number of hydrogen-bond acceptors (Lipinski definition) is 0. The molecule has 1 aliphatic carbocycles. The molecule has 0 heterocycles. The first kappa shape index (κ1) is 9.70. The van der Waals surface area contributed by atoms with Gasteiger partial charge in [-0.3, -0.25) is 4.39 Å². The van der Waals surface area contributed by atoms with Gasteiger partial charge in [0.2, 0.25) is 0 Å². The van der Waals surface area contributed by atoms with Crippen LogP contribution in [0.1, 0.15) is 42.7 Å². The Balaban J connectivity index is 2.05. The van der Waals surface area contributed by atoms with Gasteiger partial charge in [-0.2, -0.15) is 0 Å². The summed E-state index contributed by atoms with van der Waals surface area (Å²) in [4.78, 5) is 0. The van der Waals surface area contributed by atoms with Crippen molar-refractivity contribution in [3.63, 3.8) is 0 Å². The van der Waals surface area contributed by atoms with Gasteiger partial charge in [-0.25, -0.2) is 0 Å². The van der Waals surface area contributed by atoms with Crippen LogP contribution in [0.2, 0.25) is 0 Å². The molecule has 0 radical (unpaired) electrons. The van der Waals surface area contributed by atoms with Crippen LogP contribution < -0.4 is 0 Å². The molecular weight excluding hydrogens is 175 g/mol. The van der Waals surface area contributed by atoms with E-state index < -0.39 is 0 Å². The second-order valence-electron chi connectivity index (χ2n) is 4.16. The first-order chi connectivity index (χ1) is 6.90. The Hall–Kier alpha value is -0.850. The van der Waals surface area contributed by atoms with Crippen LogP contribution in [0, 0.1) is 0 Å². The molecule has 0 aliphatic heterocycles. The van der Waals surface area contributed by atoms with Crippen molar-refractivity contribution in [2.24, 2.45) is 0 Å². The third-order valence-electron chi connectivity index (χ3n) is 3.19. The number of benzene rings is 1. The monoisotopic (exact) mass is 192 g/mol. The fourth-order valence-electron chi connectivity index (χ4n) is 2.32.